The SMILES string of the molecule is CNC(CC(C)C)C(=O)NCCCCNC=O. The van der Waals surface area contributed by atoms with Crippen molar-refractivity contribution in [3.05, 3.63) is 0 Å². The lowest BCUT2D eigenvalue weighted by Gasteiger charge is -2.17. The maximum atomic E-state index is 11.8. The van der Waals surface area contributed by atoms with Gasteiger partial charge >= 0.3 is 0 Å². The standard InChI is InChI=1S/C12H25N3O2/c1-10(2)8-11(13-3)12(17)15-7-5-4-6-14-9-16/h9-11,13H,4-8H2,1-3H3,(H,14,16)(H,15,17). The van der Waals surface area contributed by atoms with E-state index in [4.69, 9.17) is 0 Å². The van der Waals surface area contributed by atoms with Gasteiger partial charge in [-0.3, -0.25) is 9.59 Å². The zero-order valence-corrected chi connectivity index (χ0v) is 11.1. The molecule has 0 aromatic carbocycles. The highest BCUT2D eigenvalue weighted by atomic mass is 16.2. The quantitative estimate of drug-likeness (QED) is 0.381. The summed E-state index contributed by atoms with van der Waals surface area (Å²) in [6.07, 6.45) is 3.30. The van der Waals surface area contributed by atoms with E-state index in [1.165, 1.54) is 0 Å². The molecular weight excluding hydrogens is 218 g/mol. The molecule has 0 bridgehead atoms. The number of nitrogens with one attached hydrogen (secondary N) is 3. The van der Waals surface area contributed by atoms with Crippen molar-refractivity contribution in [1.29, 1.82) is 0 Å². The molecule has 0 saturated carbocycles. The first-order valence-corrected chi connectivity index (χ1v) is 6.23. The van der Waals surface area contributed by atoms with Gasteiger partial charge in [0, 0.05) is 13.1 Å². The van der Waals surface area contributed by atoms with Crippen LogP contribution in [0.1, 0.15) is 33.1 Å². The van der Waals surface area contributed by atoms with Crippen LogP contribution in [0.5, 0.6) is 0 Å². The molecule has 0 aliphatic rings. The fourth-order valence-electron chi connectivity index (χ4n) is 1.57. The van der Waals surface area contributed by atoms with Crippen LogP contribution >= 0.6 is 0 Å². The van der Waals surface area contributed by atoms with Gasteiger partial charge in [0.25, 0.3) is 0 Å². The van der Waals surface area contributed by atoms with Crippen molar-refractivity contribution in [2.75, 3.05) is 20.1 Å². The van der Waals surface area contributed by atoms with Gasteiger partial charge in [0.05, 0.1) is 6.04 Å². The molecule has 0 aliphatic heterocycles. The summed E-state index contributed by atoms with van der Waals surface area (Å²) in [5.41, 5.74) is 0. The Morgan fingerprint density at radius 2 is 1.88 bits per heavy atom. The van der Waals surface area contributed by atoms with Crippen LogP contribution in [-0.4, -0.2) is 38.5 Å². The highest BCUT2D eigenvalue weighted by Gasteiger charge is 2.16. The van der Waals surface area contributed by atoms with Gasteiger partial charge in [-0.05, 0) is 32.2 Å². The Balaban J connectivity index is 3.64. The zero-order valence-electron chi connectivity index (χ0n) is 11.1. The molecule has 1 unspecified atom stereocenters. The first-order chi connectivity index (χ1) is 8.11. The molecule has 0 aromatic heterocycles. The topological polar surface area (TPSA) is 70.2 Å². The average molecular weight is 243 g/mol. The van der Waals surface area contributed by atoms with Crippen LogP contribution in [0.4, 0.5) is 0 Å². The van der Waals surface area contributed by atoms with Crippen molar-refractivity contribution in [3.63, 3.8) is 0 Å². The molecule has 0 saturated heterocycles. The van der Waals surface area contributed by atoms with Crippen LogP contribution in [-0.2, 0) is 9.59 Å². The normalized spacial score (nSPS) is 12.2. The van der Waals surface area contributed by atoms with Crippen LogP contribution in [0.2, 0.25) is 0 Å². The van der Waals surface area contributed by atoms with E-state index in [-0.39, 0.29) is 11.9 Å². The third-order valence-electron chi connectivity index (χ3n) is 2.50. The molecule has 0 heterocycles. The van der Waals surface area contributed by atoms with Gasteiger partial charge in [-0.25, -0.2) is 0 Å². The number of amides is 2. The first kappa shape index (κ1) is 15.9. The fourth-order valence-corrected chi connectivity index (χ4v) is 1.57. The van der Waals surface area contributed by atoms with E-state index in [1.807, 2.05) is 0 Å². The van der Waals surface area contributed by atoms with E-state index in [0.717, 1.165) is 19.3 Å². The van der Waals surface area contributed by atoms with Crippen molar-refractivity contribution in [3.8, 4) is 0 Å². The molecule has 5 nitrogen and oxygen atoms in total. The van der Waals surface area contributed by atoms with Gasteiger partial charge in [0.2, 0.25) is 12.3 Å². The molecule has 3 N–H and O–H groups in total. The van der Waals surface area contributed by atoms with Gasteiger partial charge in [-0.1, -0.05) is 13.8 Å². The number of rotatable bonds is 10. The van der Waals surface area contributed by atoms with Crippen LogP contribution < -0.4 is 16.0 Å². The number of likely N-dealkylation sites (N-methyl/N-ethyl adjacent to an activating group) is 1. The van der Waals surface area contributed by atoms with Crippen LogP contribution in [0.25, 0.3) is 0 Å². The smallest absolute Gasteiger partial charge is 0.237 e. The Morgan fingerprint density at radius 3 is 2.41 bits per heavy atom. The van der Waals surface area contributed by atoms with Crippen LogP contribution in [0.3, 0.4) is 0 Å². The fraction of sp³-hybridized carbons (Fsp3) is 0.833. The summed E-state index contributed by atoms with van der Waals surface area (Å²) in [5, 5.41) is 8.51. The molecule has 17 heavy (non-hydrogen) atoms. The lowest BCUT2D eigenvalue weighted by molar-refractivity contribution is -0.123. The predicted octanol–water partition coefficient (Wildman–Crippen LogP) is 0.263. The molecule has 2 amide bonds. The summed E-state index contributed by atoms with van der Waals surface area (Å²) >= 11 is 0. The van der Waals surface area contributed by atoms with E-state index in [1.54, 1.807) is 7.05 Å². The van der Waals surface area contributed by atoms with Gasteiger partial charge in [-0.15, -0.1) is 0 Å². The van der Waals surface area contributed by atoms with Crippen molar-refractivity contribution in [1.82, 2.24) is 16.0 Å². The van der Waals surface area contributed by atoms with Gasteiger partial charge in [0.15, 0.2) is 0 Å². The Bertz CT molecular complexity index is 220. The second kappa shape index (κ2) is 10.1. The van der Waals surface area contributed by atoms with Crippen molar-refractivity contribution in [2.24, 2.45) is 5.92 Å². The molecule has 0 aromatic rings. The monoisotopic (exact) mass is 243 g/mol. The second-order valence-electron chi connectivity index (χ2n) is 4.54. The highest BCUT2D eigenvalue weighted by molar-refractivity contribution is 5.81. The van der Waals surface area contributed by atoms with E-state index in [0.29, 0.717) is 25.4 Å². The summed E-state index contributed by atoms with van der Waals surface area (Å²) in [4.78, 5) is 21.7. The number of hydrogen-bond donors (Lipinski definition) is 3. The van der Waals surface area contributed by atoms with Crippen molar-refractivity contribution >= 4 is 12.3 Å². The highest BCUT2D eigenvalue weighted by Crippen LogP contribution is 2.04. The third kappa shape index (κ3) is 8.68. The predicted molar refractivity (Wildman–Crippen MR) is 68.6 cm³/mol. The molecule has 0 rings (SSSR count). The number of carbonyl (C=O) groups excluding carboxylic acids is 2. The Hall–Kier alpha value is -1.10. The molecule has 100 valence electrons. The van der Waals surface area contributed by atoms with Crippen LogP contribution in [0.15, 0.2) is 0 Å². The number of carbonyl (C=O) groups is 2. The third-order valence-corrected chi connectivity index (χ3v) is 2.50. The largest absolute Gasteiger partial charge is 0.359 e. The Morgan fingerprint density at radius 1 is 1.24 bits per heavy atom. The minimum Gasteiger partial charge on any atom is -0.359 e. The molecule has 1 atom stereocenters. The first-order valence-electron chi connectivity index (χ1n) is 6.23. The second-order valence-corrected chi connectivity index (χ2v) is 4.54. The lowest BCUT2D eigenvalue weighted by Crippen LogP contribution is -2.43. The van der Waals surface area contributed by atoms with Crippen molar-refractivity contribution in [2.45, 2.75) is 39.2 Å². The van der Waals surface area contributed by atoms with E-state index in [9.17, 15) is 9.59 Å². The molecule has 0 radical (unpaired) electrons. The van der Waals surface area contributed by atoms with Gasteiger partial charge in [-0.2, -0.15) is 0 Å². The average Bonchev–Trinajstić information content (AvgIpc) is 2.30. The zero-order chi connectivity index (χ0) is 13.1. The van der Waals surface area contributed by atoms with Crippen LogP contribution in [0, 0.1) is 5.92 Å². The lowest BCUT2D eigenvalue weighted by atomic mass is 10.0. The maximum absolute atomic E-state index is 11.8. The summed E-state index contributed by atoms with van der Waals surface area (Å²) < 4.78 is 0. The summed E-state index contributed by atoms with van der Waals surface area (Å²) in [7, 11) is 1.81. The molecule has 0 fully saturated rings. The van der Waals surface area contributed by atoms with E-state index in [2.05, 4.69) is 29.8 Å². The maximum Gasteiger partial charge on any atom is 0.237 e. The van der Waals surface area contributed by atoms with E-state index >= 15 is 0 Å². The minimum atomic E-state index is -0.108. The molecule has 0 aliphatic carbocycles. The Kier molecular flexibility index (Phi) is 9.43. The molecule has 5 heteroatoms. The minimum absolute atomic E-state index is 0.0598. The van der Waals surface area contributed by atoms with Crippen molar-refractivity contribution < 1.29 is 9.59 Å². The summed E-state index contributed by atoms with van der Waals surface area (Å²) in [5.74, 6) is 0.555. The summed E-state index contributed by atoms with van der Waals surface area (Å²) in [6.45, 7) is 5.53. The molecular formula is C12H25N3O2. The number of hydrogen-bond acceptors (Lipinski definition) is 3. The molecule has 0 spiro atoms. The van der Waals surface area contributed by atoms with Gasteiger partial charge in [0.1, 0.15) is 0 Å². The summed E-state index contributed by atoms with van der Waals surface area (Å²) in [6, 6.07) is -0.108. The Labute approximate surface area is 104 Å². The number of unbranched alkanes of at least 4 members (excludes halogenated alkanes) is 1. The van der Waals surface area contributed by atoms with E-state index < -0.39 is 0 Å². The van der Waals surface area contributed by atoms with Gasteiger partial charge < -0.3 is 16.0 Å².